The number of aryl methyl sites for hydroxylation is 2. The molecule has 1 saturated heterocycles. The predicted octanol–water partition coefficient (Wildman–Crippen LogP) is 1.13. The maximum absolute atomic E-state index is 12.8. The summed E-state index contributed by atoms with van der Waals surface area (Å²) in [6.45, 7) is 5.75. The summed E-state index contributed by atoms with van der Waals surface area (Å²) in [7, 11) is 0. The fourth-order valence-corrected chi connectivity index (χ4v) is 4.10. The number of hydrogen-bond acceptors (Lipinski definition) is 6. The van der Waals surface area contributed by atoms with Gasteiger partial charge < -0.3 is 19.8 Å². The minimum atomic E-state index is -0.665. The molecule has 0 radical (unpaired) electrons. The lowest BCUT2D eigenvalue weighted by Gasteiger charge is -2.32. The average molecular weight is 422 g/mol. The molecule has 0 unspecified atom stereocenters. The third-order valence-corrected chi connectivity index (χ3v) is 5.56. The summed E-state index contributed by atoms with van der Waals surface area (Å²) in [5, 5.41) is 2.93. The van der Waals surface area contributed by atoms with Crippen molar-refractivity contribution in [3.63, 3.8) is 0 Å². The average Bonchev–Trinajstić information content (AvgIpc) is 2.75. The van der Waals surface area contributed by atoms with E-state index >= 15 is 0 Å². The van der Waals surface area contributed by atoms with Crippen molar-refractivity contribution in [1.29, 1.82) is 0 Å². The van der Waals surface area contributed by atoms with Gasteiger partial charge >= 0.3 is 11.1 Å². The van der Waals surface area contributed by atoms with Crippen LogP contribution in [0.3, 0.4) is 0 Å². The topological polar surface area (TPSA) is 113 Å². The second-order valence-electron chi connectivity index (χ2n) is 7.95. The van der Waals surface area contributed by atoms with Crippen LogP contribution in [-0.2, 0) is 11.3 Å². The van der Waals surface area contributed by atoms with E-state index in [0.717, 1.165) is 30.8 Å². The molecule has 2 aromatic heterocycles. The zero-order valence-electron chi connectivity index (χ0n) is 17.7. The lowest BCUT2D eigenvalue weighted by molar-refractivity contribution is -0.125. The number of nitrogens with zero attached hydrogens (tertiary/aromatic N) is 4. The zero-order valence-corrected chi connectivity index (χ0v) is 17.7. The van der Waals surface area contributed by atoms with Crippen LogP contribution in [0.25, 0.3) is 11.0 Å². The second kappa shape index (κ2) is 8.71. The minimum absolute atomic E-state index is 0.0590. The second-order valence-corrected chi connectivity index (χ2v) is 7.95. The summed E-state index contributed by atoms with van der Waals surface area (Å²) in [5.41, 5.74) is 1.76. The van der Waals surface area contributed by atoms with E-state index in [-0.39, 0.29) is 24.9 Å². The van der Waals surface area contributed by atoms with Crippen molar-refractivity contribution in [2.45, 2.75) is 33.2 Å². The molecule has 1 aliphatic heterocycles. The minimum Gasteiger partial charge on any atom is -0.354 e. The molecule has 1 aromatic carbocycles. The Kier molecular flexibility index (Phi) is 5.83. The summed E-state index contributed by atoms with van der Waals surface area (Å²) in [6.07, 6.45) is 1.67. The summed E-state index contributed by atoms with van der Waals surface area (Å²) < 4.78 is 1.41. The number of para-hydroxylation sites is 2. The van der Waals surface area contributed by atoms with Crippen molar-refractivity contribution in [3.05, 3.63) is 62.4 Å². The molecule has 1 atom stereocenters. The summed E-state index contributed by atoms with van der Waals surface area (Å²) in [5.74, 6) is 0.429. The highest BCUT2D eigenvalue weighted by Gasteiger charge is 2.27. The van der Waals surface area contributed by atoms with Crippen LogP contribution in [0.4, 0.5) is 5.95 Å². The molecule has 3 heterocycles. The first-order valence-corrected chi connectivity index (χ1v) is 10.5. The maximum Gasteiger partial charge on any atom is 0.316 e. The number of piperidine rings is 1. The van der Waals surface area contributed by atoms with Crippen LogP contribution in [0.15, 0.2) is 39.9 Å². The Morgan fingerprint density at radius 3 is 2.71 bits per heavy atom. The lowest BCUT2D eigenvalue weighted by Crippen LogP contribution is -2.45. The number of rotatable bonds is 5. The molecular weight excluding hydrogens is 396 g/mol. The number of aromatic nitrogens is 4. The zero-order chi connectivity index (χ0) is 22.0. The van der Waals surface area contributed by atoms with Gasteiger partial charge in [-0.15, -0.1) is 0 Å². The lowest BCUT2D eigenvalue weighted by atomic mass is 9.97. The van der Waals surface area contributed by atoms with E-state index in [0.29, 0.717) is 23.5 Å². The molecule has 0 bridgehead atoms. The molecule has 4 rings (SSSR count). The normalized spacial score (nSPS) is 16.5. The number of carbonyl (C=O) groups excluding carboxylic acids is 1. The number of nitrogens with one attached hydrogen (secondary N) is 2. The molecule has 2 N–H and O–H groups in total. The number of fused-ring (bicyclic) bond motifs is 1. The van der Waals surface area contributed by atoms with Crippen molar-refractivity contribution in [3.8, 4) is 0 Å². The highest BCUT2D eigenvalue weighted by molar-refractivity contribution is 5.79. The summed E-state index contributed by atoms with van der Waals surface area (Å²) in [4.78, 5) is 50.7. The van der Waals surface area contributed by atoms with Crippen LogP contribution in [0, 0.1) is 19.8 Å². The van der Waals surface area contributed by atoms with Crippen LogP contribution in [-0.4, -0.2) is 45.1 Å². The van der Waals surface area contributed by atoms with Crippen LogP contribution in [0.1, 0.15) is 24.2 Å². The third kappa shape index (κ3) is 4.50. The monoisotopic (exact) mass is 422 g/mol. The van der Waals surface area contributed by atoms with E-state index in [9.17, 15) is 14.4 Å². The van der Waals surface area contributed by atoms with Gasteiger partial charge in [0.1, 0.15) is 0 Å². The molecule has 0 saturated carbocycles. The molecule has 1 amide bonds. The van der Waals surface area contributed by atoms with Crippen molar-refractivity contribution >= 4 is 22.9 Å². The van der Waals surface area contributed by atoms with Crippen molar-refractivity contribution in [2.24, 2.45) is 5.92 Å². The Labute approximate surface area is 179 Å². The first-order chi connectivity index (χ1) is 14.9. The quantitative estimate of drug-likeness (QED) is 0.596. The van der Waals surface area contributed by atoms with Crippen molar-refractivity contribution in [1.82, 2.24) is 24.8 Å². The van der Waals surface area contributed by atoms with E-state index in [1.165, 1.54) is 4.57 Å². The van der Waals surface area contributed by atoms with Gasteiger partial charge in [-0.05, 0) is 44.9 Å². The van der Waals surface area contributed by atoms with Gasteiger partial charge in [0.05, 0.1) is 17.0 Å². The SMILES string of the molecule is Cc1cc(C)nc(N2CCC[C@H](C(=O)NCCn3c(=O)c(=O)[nH]c4ccccc43)C2)n1. The number of aromatic amines is 1. The molecule has 0 aliphatic carbocycles. The van der Waals surface area contributed by atoms with Gasteiger partial charge in [-0.2, -0.15) is 0 Å². The number of H-pyrrole nitrogens is 1. The Hall–Kier alpha value is -3.49. The molecular formula is C22H26N6O3. The van der Waals surface area contributed by atoms with Gasteiger partial charge in [-0.25, -0.2) is 9.97 Å². The van der Waals surface area contributed by atoms with Crippen molar-refractivity contribution < 1.29 is 4.79 Å². The highest BCUT2D eigenvalue weighted by Crippen LogP contribution is 2.21. The summed E-state index contributed by atoms with van der Waals surface area (Å²) in [6, 6.07) is 9.05. The van der Waals surface area contributed by atoms with Crippen molar-refractivity contribution in [2.75, 3.05) is 24.5 Å². The summed E-state index contributed by atoms with van der Waals surface area (Å²) >= 11 is 0. The number of anilines is 1. The fourth-order valence-electron chi connectivity index (χ4n) is 4.10. The first-order valence-electron chi connectivity index (χ1n) is 10.5. The first kappa shape index (κ1) is 20.8. The van der Waals surface area contributed by atoms with Gasteiger partial charge in [-0.1, -0.05) is 12.1 Å². The standard InChI is InChI=1S/C22H26N6O3/c1-14-12-15(2)25-22(24-14)27-10-5-6-16(13-27)19(29)23-9-11-28-18-8-4-3-7-17(18)26-20(30)21(28)31/h3-4,7-8,12,16H,5-6,9-11,13H2,1-2H3,(H,23,29)(H,26,30)/t16-/m0/s1. The van der Waals surface area contributed by atoms with Crippen LogP contribution >= 0.6 is 0 Å². The Balaban J connectivity index is 1.41. The Morgan fingerprint density at radius 1 is 1.19 bits per heavy atom. The van der Waals surface area contributed by atoms with Gasteiger partial charge in [-0.3, -0.25) is 14.4 Å². The van der Waals surface area contributed by atoms with Crippen LogP contribution in [0.2, 0.25) is 0 Å². The molecule has 0 spiro atoms. The predicted molar refractivity (Wildman–Crippen MR) is 118 cm³/mol. The van der Waals surface area contributed by atoms with E-state index in [2.05, 4.69) is 25.2 Å². The fraction of sp³-hybridized carbons (Fsp3) is 0.409. The van der Waals surface area contributed by atoms with Crippen LogP contribution in [0.5, 0.6) is 0 Å². The van der Waals surface area contributed by atoms with Crippen LogP contribution < -0.4 is 21.3 Å². The van der Waals surface area contributed by atoms with E-state index in [1.54, 1.807) is 24.3 Å². The molecule has 162 valence electrons. The largest absolute Gasteiger partial charge is 0.354 e. The number of amides is 1. The maximum atomic E-state index is 12.8. The van der Waals surface area contributed by atoms with E-state index in [4.69, 9.17) is 0 Å². The molecule has 9 heteroatoms. The van der Waals surface area contributed by atoms with Gasteiger partial charge in [0.25, 0.3) is 0 Å². The molecule has 31 heavy (non-hydrogen) atoms. The highest BCUT2D eigenvalue weighted by atomic mass is 16.2. The smallest absolute Gasteiger partial charge is 0.316 e. The van der Waals surface area contributed by atoms with E-state index < -0.39 is 11.1 Å². The Morgan fingerprint density at radius 2 is 1.94 bits per heavy atom. The number of carbonyl (C=O) groups is 1. The van der Waals surface area contributed by atoms with Gasteiger partial charge in [0, 0.05) is 37.6 Å². The number of hydrogen-bond donors (Lipinski definition) is 2. The Bertz CT molecular complexity index is 1210. The van der Waals surface area contributed by atoms with Gasteiger partial charge in [0.15, 0.2) is 0 Å². The molecule has 1 fully saturated rings. The van der Waals surface area contributed by atoms with Gasteiger partial charge in [0.2, 0.25) is 11.9 Å². The van der Waals surface area contributed by atoms with E-state index in [1.807, 2.05) is 19.9 Å². The molecule has 9 nitrogen and oxygen atoms in total. The molecule has 3 aromatic rings. The number of benzene rings is 1. The molecule has 1 aliphatic rings. The third-order valence-electron chi connectivity index (χ3n) is 5.56.